The third-order valence-corrected chi connectivity index (χ3v) is 6.40. The fourth-order valence-electron chi connectivity index (χ4n) is 4.00. The molecule has 1 aliphatic carbocycles. The predicted octanol–water partition coefficient (Wildman–Crippen LogP) is 5.19. The molecule has 0 saturated heterocycles. The van der Waals surface area contributed by atoms with Gasteiger partial charge >= 0.3 is 0 Å². The summed E-state index contributed by atoms with van der Waals surface area (Å²) in [5.74, 6) is 0. The molecule has 2 rings (SSSR count). The van der Waals surface area contributed by atoms with Crippen molar-refractivity contribution in [2.45, 2.75) is 63.5 Å². The summed E-state index contributed by atoms with van der Waals surface area (Å²) in [6, 6.07) is 9.97. The molecule has 0 heterocycles. The van der Waals surface area contributed by atoms with Crippen LogP contribution < -0.4 is 5.32 Å². The average molecular weight is 443 g/mol. The van der Waals surface area contributed by atoms with Gasteiger partial charge in [-0.1, -0.05) is 18.9 Å². The Labute approximate surface area is 194 Å². The molecular formula is C25H38N4OS. The molecule has 5 nitrogen and oxygen atoms in total. The number of ether oxygens (including phenoxy) is 1. The summed E-state index contributed by atoms with van der Waals surface area (Å²) in [5, 5.41) is 12.9. The Morgan fingerprint density at radius 3 is 2.48 bits per heavy atom. The molecule has 1 aliphatic rings. The number of likely N-dealkylation sites (N-methyl/N-ethyl adjacent to an activating group) is 1. The molecule has 1 aromatic rings. The van der Waals surface area contributed by atoms with Gasteiger partial charge in [-0.2, -0.15) is 5.26 Å². The topological polar surface area (TPSA) is 51.5 Å². The monoisotopic (exact) mass is 442 g/mol. The first kappa shape index (κ1) is 25.3. The molecule has 1 aromatic carbocycles. The van der Waals surface area contributed by atoms with Crippen molar-refractivity contribution in [2.75, 3.05) is 39.1 Å². The fraction of sp³-hybridized carbons (Fsp3) is 0.600. The second-order valence-electron chi connectivity index (χ2n) is 8.50. The lowest BCUT2D eigenvalue weighted by atomic mass is 9.92. The van der Waals surface area contributed by atoms with E-state index < -0.39 is 0 Å². The summed E-state index contributed by atoms with van der Waals surface area (Å²) in [6.07, 6.45) is 11.7. The van der Waals surface area contributed by atoms with Gasteiger partial charge in [-0.05, 0) is 88.6 Å². The van der Waals surface area contributed by atoms with Crippen LogP contribution >= 0.6 is 12.2 Å². The summed E-state index contributed by atoms with van der Waals surface area (Å²) in [4.78, 5) is 4.48. The molecule has 1 N–H and O–H groups in total. The molecule has 0 amide bonds. The Hall–Kier alpha value is -1.94. The highest BCUT2D eigenvalue weighted by molar-refractivity contribution is 7.80. The lowest BCUT2D eigenvalue weighted by Gasteiger charge is -2.36. The van der Waals surface area contributed by atoms with Crippen LogP contribution in [-0.4, -0.2) is 60.8 Å². The van der Waals surface area contributed by atoms with E-state index in [1.165, 1.54) is 19.3 Å². The van der Waals surface area contributed by atoms with Crippen LogP contribution in [0.1, 0.15) is 56.9 Å². The van der Waals surface area contributed by atoms with Crippen LogP contribution in [0.4, 0.5) is 5.69 Å². The van der Waals surface area contributed by atoms with Crippen LogP contribution in [0.2, 0.25) is 0 Å². The van der Waals surface area contributed by atoms with Crippen molar-refractivity contribution in [2.24, 2.45) is 0 Å². The number of unbranched alkanes of at least 4 members (excludes halogenated alkanes) is 3. The van der Waals surface area contributed by atoms with E-state index in [1.807, 2.05) is 18.2 Å². The lowest BCUT2D eigenvalue weighted by Crippen LogP contribution is -2.42. The maximum absolute atomic E-state index is 8.91. The molecule has 170 valence electrons. The van der Waals surface area contributed by atoms with Gasteiger partial charge in [-0.15, -0.1) is 6.58 Å². The summed E-state index contributed by atoms with van der Waals surface area (Å²) in [6.45, 7) is 6.78. The molecule has 1 saturated carbocycles. The van der Waals surface area contributed by atoms with Crippen molar-refractivity contribution >= 4 is 23.0 Å². The van der Waals surface area contributed by atoms with Gasteiger partial charge in [0.15, 0.2) is 5.11 Å². The normalized spacial score (nSPS) is 18.4. The lowest BCUT2D eigenvalue weighted by molar-refractivity contribution is 0.0149. The Bertz CT molecular complexity index is 707. The maximum atomic E-state index is 8.91. The van der Waals surface area contributed by atoms with Crippen LogP contribution in [0.5, 0.6) is 0 Å². The molecule has 6 heteroatoms. The Balaban J connectivity index is 1.57. The third-order valence-electron chi connectivity index (χ3n) is 6.01. The number of hydrogen-bond acceptors (Lipinski definition) is 4. The number of nitrogens with zero attached hydrogens (tertiary/aromatic N) is 3. The molecule has 0 unspecified atom stereocenters. The van der Waals surface area contributed by atoms with Gasteiger partial charge < -0.3 is 19.9 Å². The molecule has 31 heavy (non-hydrogen) atoms. The molecule has 0 spiro atoms. The molecule has 0 bridgehead atoms. The van der Waals surface area contributed by atoms with E-state index in [2.05, 4.69) is 41.9 Å². The van der Waals surface area contributed by atoms with E-state index in [4.69, 9.17) is 22.2 Å². The second-order valence-corrected chi connectivity index (χ2v) is 8.88. The summed E-state index contributed by atoms with van der Waals surface area (Å²) in [5.41, 5.74) is 1.57. The van der Waals surface area contributed by atoms with Crippen molar-refractivity contribution in [3.63, 3.8) is 0 Å². The minimum absolute atomic E-state index is 0.392. The SMILES string of the molecule is C=CCN(C)CCCCCCO[C@H]1CC[C@H](N(C)C(=S)Nc2ccc(C#N)cc2)CC1. The van der Waals surface area contributed by atoms with Crippen LogP contribution in [0, 0.1) is 11.3 Å². The van der Waals surface area contributed by atoms with Gasteiger partial charge in [0.25, 0.3) is 0 Å². The number of rotatable bonds is 12. The minimum Gasteiger partial charge on any atom is -0.378 e. The smallest absolute Gasteiger partial charge is 0.173 e. The quantitative estimate of drug-likeness (QED) is 0.273. The standard InChI is InChI=1S/C25H38N4OS/c1-4-17-28(2)18-7-5-6-8-19-30-24-15-13-23(14-16-24)29(3)25(31)27-22-11-9-21(20-26)10-12-22/h4,9-12,23-24H,1,5-8,13-19H2,2-3H3,(H,27,31)/t23-,24-. The zero-order chi connectivity index (χ0) is 22.5. The van der Waals surface area contributed by atoms with Gasteiger partial charge in [-0.25, -0.2) is 0 Å². The Morgan fingerprint density at radius 2 is 1.84 bits per heavy atom. The summed E-state index contributed by atoms with van der Waals surface area (Å²) in [7, 11) is 4.21. The van der Waals surface area contributed by atoms with Crippen LogP contribution in [0.3, 0.4) is 0 Å². The van der Waals surface area contributed by atoms with Gasteiger partial charge in [0.1, 0.15) is 0 Å². The largest absolute Gasteiger partial charge is 0.378 e. The number of benzene rings is 1. The van der Waals surface area contributed by atoms with Crippen molar-refractivity contribution in [1.29, 1.82) is 5.26 Å². The van der Waals surface area contributed by atoms with Crippen molar-refractivity contribution < 1.29 is 4.74 Å². The molecule has 0 aliphatic heterocycles. The minimum atomic E-state index is 0.392. The van der Waals surface area contributed by atoms with Crippen LogP contribution in [0.15, 0.2) is 36.9 Å². The number of hydrogen-bond donors (Lipinski definition) is 1. The van der Waals surface area contributed by atoms with E-state index in [0.717, 1.165) is 62.6 Å². The molecular weight excluding hydrogens is 404 g/mol. The van der Waals surface area contributed by atoms with Gasteiger partial charge in [0.2, 0.25) is 0 Å². The summed E-state index contributed by atoms with van der Waals surface area (Å²) >= 11 is 5.59. The van der Waals surface area contributed by atoms with Gasteiger partial charge in [0.05, 0.1) is 17.7 Å². The predicted molar refractivity (Wildman–Crippen MR) is 133 cm³/mol. The highest BCUT2D eigenvalue weighted by atomic mass is 32.1. The average Bonchev–Trinajstić information content (AvgIpc) is 2.79. The number of anilines is 1. The first-order chi connectivity index (χ1) is 15.0. The van der Waals surface area contributed by atoms with Crippen molar-refractivity contribution in [3.8, 4) is 6.07 Å². The van der Waals surface area contributed by atoms with Crippen molar-refractivity contribution in [3.05, 3.63) is 42.5 Å². The zero-order valence-corrected chi connectivity index (χ0v) is 20.0. The van der Waals surface area contributed by atoms with E-state index >= 15 is 0 Å². The maximum Gasteiger partial charge on any atom is 0.173 e. The van der Waals surface area contributed by atoms with Crippen LogP contribution in [0.25, 0.3) is 0 Å². The fourth-order valence-corrected chi connectivity index (χ4v) is 4.27. The third kappa shape index (κ3) is 9.39. The number of nitrogens with one attached hydrogen (secondary N) is 1. The highest BCUT2D eigenvalue weighted by Crippen LogP contribution is 2.25. The first-order valence-electron chi connectivity index (χ1n) is 11.5. The molecule has 0 atom stereocenters. The Kier molecular flexibility index (Phi) is 11.6. The Morgan fingerprint density at radius 1 is 1.16 bits per heavy atom. The van der Waals surface area contributed by atoms with Crippen molar-refractivity contribution in [1.82, 2.24) is 9.80 Å². The molecule has 0 radical (unpaired) electrons. The highest BCUT2D eigenvalue weighted by Gasteiger charge is 2.25. The van der Waals surface area contributed by atoms with E-state index in [9.17, 15) is 0 Å². The molecule has 1 fully saturated rings. The summed E-state index contributed by atoms with van der Waals surface area (Å²) < 4.78 is 6.14. The van der Waals surface area contributed by atoms with Gasteiger partial charge in [0, 0.05) is 31.9 Å². The van der Waals surface area contributed by atoms with Gasteiger partial charge in [-0.3, -0.25) is 0 Å². The zero-order valence-electron chi connectivity index (χ0n) is 19.2. The van der Waals surface area contributed by atoms with E-state index in [-0.39, 0.29) is 0 Å². The van der Waals surface area contributed by atoms with E-state index in [0.29, 0.717) is 17.7 Å². The number of thiocarbonyl (C=S) groups is 1. The first-order valence-corrected chi connectivity index (χ1v) is 11.9. The van der Waals surface area contributed by atoms with E-state index in [1.54, 1.807) is 12.1 Å². The molecule has 0 aromatic heterocycles. The number of nitriles is 1. The van der Waals surface area contributed by atoms with Crippen LogP contribution in [-0.2, 0) is 4.74 Å². The second kappa shape index (κ2) is 14.2.